The standard InChI is InChI=1S/C21H31NO5/c1-4-6-16-7-8-19(20(13-16)25-3)27-15-18(23)14-22-11-9-17(10-12-22)21(24)26-5-2/h4,6-8,13,17-18,23H,5,9-12,14-15H2,1-3H3/b6-4+. The van der Waals surface area contributed by atoms with Crippen molar-refractivity contribution in [3.05, 3.63) is 29.8 Å². The summed E-state index contributed by atoms with van der Waals surface area (Å²) in [5.41, 5.74) is 1.03. The lowest BCUT2D eigenvalue weighted by molar-refractivity contribution is -0.149. The Balaban J connectivity index is 1.78. The molecule has 150 valence electrons. The zero-order valence-electron chi connectivity index (χ0n) is 16.5. The molecule has 1 saturated heterocycles. The summed E-state index contributed by atoms with van der Waals surface area (Å²) in [6.07, 6.45) is 4.88. The summed E-state index contributed by atoms with van der Waals surface area (Å²) in [6, 6.07) is 5.71. The highest BCUT2D eigenvalue weighted by Gasteiger charge is 2.26. The van der Waals surface area contributed by atoms with Gasteiger partial charge in [-0.3, -0.25) is 4.79 Å². The number of aliphatic hydroxyl groups is 1. The number of carbonyl (C=O) groups excluding carboxylic acids is 1. The van der Waals surface area contributed by atoms with Crippen LogP contribution in [0.4, 0.5) is 0 Å². The highest BCUT2D eigenvalue weighted by atomic mass is 16.5. The smallest absolute Gasteiger partial charge is 0.309 e. The van der Waals surface area contributed by atoms with Gasteiger partial charge in [-0.2, -0.15) is 0 Å². The molecule has 1 aliphatic heterocycles. The number of esters is 1. The molecule has 1 aromatic rings. The lowest BCUT2D eigenvalue weighted by Crippen LogP contribution is -2.42. The molecule has 0 bridgehead atoms. The monoisotopic (exact) mass is 377 g/mol. The summed E-state index contributed by atoms with van der Waals surface area (Å²) < 4.78 is 16.2. The second kappa shape index (κ2) is 10.9. The fraction of sp³-hybridized carbons (Fsp3) is 0.571. The lowest BCUT2D eigenvalue weighted by atomic mass is 9.97. The number of nitrogens with zero attached hydrogens (tertiary/aromatic N) is 1. The third kappa shape index (κ3) is 6.56. The van der Waals surface area contributed by atoms with E-state index in [1.165, 1.54) is 0 Å². The third-order valence-corrected chi connectivity index (χ3v) is 4.65. The van der Waals surface area contributed by atoms with Crippen LogP contribution in [0.1, 0.15) is 32.3 Å². The fourth-order valence-electron chi connectivity index (χ4n) is 3.25. The zero-order valence-corrected chi connectivity index (χ0v) is 16.5. The molecule has 1 aliphatic rings. The van der Waals surface area contributed by atoms with Gasteiger partial charge >= 0.3 is 5.97 Å². The summed E-state index contributed by atoms with van der Waals surface area (Å²) in [5, 5.41) is 10.3. The Morgan fingerprint density at radius 2 is 2.07 bits per heavy atom. The van der Waals surface area contributed by atoms with E-state index in [2.05, 4.69) is 4.90 Å². The average molecular weight is 377 g/mol. The summed E-state index contributed by atoms with van der Waals surface area (Å²) in [5.74, 6) is 1.14. The van der Waals surface area contributed by atoms with Crippen molar-refractivity contribution in [2.24, 2.45) is 5.92 Å². The van der Waals surface area contributed by atoms with Crippen LogP contribution in [0.2, 0.25) is 0 Å². The van der Waals surface area contributed by atoms with Crippen LogP contribution >= 0.6 is 0 Å². The molecule has 6 nitrogen and oxygen atoms in total. The van der Waals surface area contributed by atoms with Crippen LogP contribution < -0.4 is 9.47 Å². The van der Waals surface area contributed by atoms with Gasteiger partial charge in [0, 0.05) is 6.54 Å². The van der Waals surface area contributed by atoms with Gasteiger partial charge in [-0.25, -0.2) is 0 Å². The van der Waals surface area contributed by atoms with E-state index < -0.39 is 6.10 Å². The predicted molar refractivity (Wildman–Crippen MR) is 105 cm³/mol. The Hall–Kier alpha value is -2.05. The number of methoxy groups -OCH3 is 1. The van der Waals surface area contributed by atoms with Gasteiger partial charge in [0.2, 0.25) is 0 Å². The van der Waals surface area contributed by atoms with E-state index in [-0.39, 0.29) is 18.5 Å². The van der Waals surface area contributed by atoms with E-state index in [0.29, 0.717) is 24.7 Å². The lowest BCUT2D eigenvalue weighted by Gasteiger charge is -2.32. The van der Waals surface area contributed by atoms with Gasteiger partial charge in [0.05, 0.1) is 19.6 Å². The first-order valence-electron chi connectivity index (χ1n) is 9.58. The number of aliphatic hydroxyl groups excluding tert-OH is 1. The number of ether oxygens (including phenoxy) is 3. The molecule has 27 heavy (non-hydrogen) atoms. The molecule has 1 aromatic carbocycles. The Bertz CT molecular complexity index is 623. The molecule has 6 heteroatoms. The molecule has 0 amide bonds. The Kier molecular flexibility index (Phi) is 8.61. The van der Waals surface area contributed by atoms with Crippen molar-refractivity contribution in [3.8, 4) is 11.5 Å². The highest BCUT2D eigenvalue weighted by Crippen LogP contribution is 2.28. The van der Waals surface area contributed by atoms with E-state index >= 15 is 0 Å². The summed E-state index contributed by atoms with van der Waals surface area (Å²) in [7, 11) is 1.60. The average Bonchev–Trinajstić information content (AvgIpc) is 2.68. The van der Waals surface area contributed by atoms with E-state index in [4.69, 9.17) is 14.2 Å². The van der Waals surface area contributed by atoms with Crippen molar-refractivity contribution in [1.29, 1.82) is 0 Å². The zero-order chi connectivity index (χ0) is 19.6. The minimum Gasteiger partial charge on any atom is -0.493 e. The van der Waals surface area contributed by atoms with Gasteiger partial charge in [0.25, 0.3) is 0 Å². The summed E-state index contributed by atoms with van der Waals surface area (Å²) in [6.45, 7) is 6.49. The molecule has 1 heterocycles. The van der Waals surface area contributed by atoms with Crippen molar-refractivity contribution in [2.45, 2.75) is 32.8 Å². The van der Waals surface area contributed by atoms with Crippen molar-refractivity contribution >= 4 is 12.0 Å². The van der Waals surface area contributed by atoms with Gasteiger partial charge in [0.15, 0.2) is 11.5 Å². The quantitative estimate of drug-likeness (QED) is 0.668. The number of carbonyl (C=O) groups is 1. The maximum Gasteiger partial charge on any atom is 0.309 e. The van der Waals surface area contributed by atoms with E-state index in [0.717, 1.165) is 31.5 Å². The number of allylic oxidation sites excluding steroid dienone is 1. The molecular formula is C21H31NO5. The highest BCUT2D eigenvalue weighted by molar-refractivity contribution is 5.72. The molecule has 0 saturated carbocycles. The summed E-state index contributed by atoms with van der Waals surface area (Å²) in [4.78, 5) is 13.9. The fourth-order valence-corrected chi connectivity index (χ4v) is 3.25. The molecule has 1 atom stereocenters. The Morgan fingerprint density at radius 3 is 2.70 bits per heavy atom. The molecule has 2 rings (SSSR count). The molecule has 0 aromatic heterocycles. The van der Waals surface area contributed by atoms with E-state index in [9.17, 15) is 9.90 Å². The van der Waals surface area contributed by atoms with Crippen LogP contribution in [0.25, 0.3) is 6.08 Å². The van der Waals surface area contributed by atoms with Gasteiger partial charge < -0.3 is 24.2 Å². The number of likely N-dealkylation sites (tertiary alicyclic amines) is 1. The second-order valence-electron chi connectivity index (χ2n) is 6.70. The van der Waals surface area contributed by atoms with Gasteiger partial charge in [0.1, 0.15) is 12.7 Å². The van der Waals surface area contributed by atoms with Crippen molar-refractivity contribution in [1.82, 2.24) is 4.90 Å². The third-order valence-electron chi connectivity index (χ3n) is 4.65. The Morgan fingerprint density at radius 1 is 1.33 bits per heavy atom. The molecule has 1 fully saturated rings. The second-order valence-corrected chi connectivity index (χ2v) is 6.70. The van der Waals surface area contributed by atoms with Crippen LogP contribution in [-0.4, -0.2) is 62.0 Å². The maximum atomic E-state index is 11.8. The predicted octanol–water partition coefficient (Wildman–Crippen LogP) is 2.74. The maximum absolute atomic E-state index is 11.8. The Labute approximate surface area is 161 Å². The van der Waals surface area contributed by atoms with Crippen molar-refractivity contribution in [3.63, 3.8) is 0 Å². The van der Waals surface area contributed by atoms with Gasteiger partial charge in [-0.15, -0.1) is 0 Å². The largest absolute Gasteiger partial charge is 0.493 e. The molecule has 1 N–H and O–H groups in total. The first-order chi connectivity index (χ1) is 13.1. The number of hydrogen-bond acceptors (Lipinski definition) is 6. The van der Waals surface area contributed by atoms with Crippen LogP contribution in [0.3, 0.4) is 0 Å². The van der Waals surface area contributed by atoms with E-state index in [1.807, 2.05) is 44.2 Å². The molecular weight excluding hydrogens is 346 g/mol. The minimum atomic E-state index is -0.607. The number of hydrogen-bond donors (Lipinski definition) is 1. The van der Waals surface area contributed by atoms with Crippen molar-refractivity contribution < 1.29 is 24.1 Å². The van der Waals surface area contributed by atoms with Crippen LogP contribution in [-0.2, 0) is 9.53 Å². The topological polar surface area (TPSA) is 68.2 Å². The van der Waals surface area contributed by atoms with E-state index in [1.54, 1.807) is 7.11 Å². The van der Waals surface area contributed by atoms with Crippen LogP contribution in [0.15, 0.2) is 24.3 Å². The minimum absolute atomic E-state index is 0.0189. The molecule has 0 aliphatic carbocycles. The molecule has 0 radical (unpaired) electrons. The normalized spacial score (nSPS) is 17.0. The number of benzene rings is 1. The molecule has 0 spiro atoms. The van der Waals surface area contributed by atoms with Crippen LogP contribution in [0.5, 0.6) is 11.5 Å². The van der Waals surface area contributed by atoms with Gasteiger partial charge in [-0.05, 0) is 57.5 Å². The number of β-amino-alcohol motifs (C(OH)–C–C–N with tert-alkyl or cyclic N) is 1. The first kappa shape index (κ1) is 21.3. The van der Waals surface area contributed by atoms with Crippen LogP contribution in [0, 0.1) is 5.92 Å². The molecule has 1 unspecified atom stereocenters. The van der Waals surface area contributed by atoms with Gasteiger partial charge in [-0.1, -0.05) is 18.2 Å². The van der Waals surface area contributed by atoms with Crippen molar-refractivity contribution in [2.75, 3.05) is 40.0 Å². The SMILES string of the molecule is C/C=C/c1ccc(OCC(O)CN2CCC(C(=O)OCC)CC2)c(OC)c1. The summed E-state index contributed by atoms with van der Waals surface area (Å²) >= 11 is 0. The first-order valence-corrected chi connectivity index (χ1v) is 9.58. The number of piperidine rings is 1. The number of rotatable bonds is 9.